The van der Waals surface area contributed by atoms with Crippen LogP contribution in [0.3, 0.4) is 0 Å². The van der Waals surface area contributed by atoms with E-state index in [9.17, 15) is 14.4 Å². The van der Waals surface area contributed by atoms with Crippen molar-refractivity contribution < 1.29 is 18.7 Å². The van der Waals surface area contributed by atoms with Crippen LogP contribution < -0.4 is 5.63 Å². The Labute approximate surface area is 156 Å². The minimum Gasteiger partial charge on any atom is -0.462 e. The van der Waals surface area contributed by atoms with E-state index in [0.717, 1.165) is 22.1 Å². The van der Waals surface area contributed by atoms with E-state index >= 15 is 0 Å². The number of fused-ring (bicyclic) bond motifs is 1. The number of benzene rings is 2. The highest BCUT2D eigenvalue weighted by molar-refractivity contribution is 5.98. The van der Waals surface area contributed by atoms with Crippen LogP contribution in [0.5, 0.6) is 0 Å². The molecule has 0 N–H and O–H groups in total. The van der Waals surface area contributed by atoms with Crippen molar-refractivity contribution in [2.75, 3.05) is 0 Å². The van der Waals surface area contributed by atoms with Gasteiger partial charge in [0.05, 0.1) is 6.10 Å². The molecule has 0 aliphatic carbocycles. The third kappa shape index (κ3) is 3.82. The molecule has 5 heteroatoms. The molecule has 1 heterocycles. The summed E-state index contributed by atoms with van der Waals surface area (Å²) in [5.41, 5.74) is 2.95. The van der Waals surface area contributed by atoms with Crippen molar-refractivity contribution in [1.29, 1.82) is 0 Å². The largest absolute Gasteiger partial charge is 0.462 e. The molecule has 3 aromatic rings. The highest BCUT2D eigenvalue weighted by Crippen LogP contribution is 2.31. The lowest BCUT2D eigenvalue weighted by molar-refractivity contribution is -0.150. The van der Waals surface area contributed by atoms with E-state index in [0.29, 0.717) is 17.4 Å². The number of esters is 1. The average Bonchev–Trinajstić information content (AvgIpc) is 2.61. The van der Waals surface area contributed by atoms with Crippen LogP contribution in [0.4, 0.5) is 0 Å². The van der Waals surface area contributed by atoms with Gasteiger partial charge in [-0.05, 0) is 43.5 Å². The van der Waals surface area contributed by atoms with Crippen molar-refractivity contribution in [3.8, 4) is 11.1 Å². The maximum absolute atomic E-state index is 12.2. The molecule has 0 fully saturated rings. The van der Waals surface area contributed by atoms with Gasteiger partial charge in [0.2, 0.25) is 0 Å². The Morgan fingerprint density at radius 1 is 1.07 bits per heavy atom. The lowest BCUT2D eigenvalue weighted by Gasteiger charge is -2.14. The SMILES string of the molecule is Cc1ccccc1-c1cc(=O)oc2cc([C@H](C=O)C(=O)OC(C)C)ccc12. The molecule has 0 bridgehead atoms. The van der Waals surface area contributed by atoms with Crippen molar-refractivity contribution in [3.05, 3.63) is 70.1 Å². The summed E-state index contributed by atoms with van der Waals surface area (Å²) in [6.45, 7) is 5.40. The van der Waals surface area contributed by atoms with Crippen LogP contribution in [0.25, 0.3) is 22.1 Å². The molecule has 0 saturated heterocycles. The Balaban J connectivity index is 2.14. The average molecular weight is 364 g/mol. The van der Waals surface area contributed by atoms with Gasteiger partial charge in [-0.2, -0.15) is 0 Å². The molecular weight excluding hydrogens is 344 g/mol. The van der Waals surface area contributed by atoms with Crippen molar-refractivity contribution in [2.45, 2.75) is 32.8 Å². The molecule has 27 heavy (non-hydrogen) atoms. The first-order valence-corrected chi connectivity index (χ1v) is 8.70. The summed E-state index contributed by atoms with van der Waals surface area (Å²) < 4.78 is 10.5. The predicted molar refractivity (Wildman–Crippen MR) is 103 cm³/mol. The van der Waals surface area contributed by atoms with E-state index < -0.39 is 17.5 Å². The molecule has 138 valence electrons. The zero-order chi connectivity index (χ0) is 19.6. The summed E-state index contributed by atoms with van der Waals surface area (Å²) in [6, 6.07) is 14.2. The molecule has 3 rings (SSSR count). The Bertz CT molecular complexity index is 1060. The minimum absolute atomic E-state index is 0.322. The highest BCUT2D eigenvalue weighted by Gasteiger charge is 2.23. The second-order valence-corrected chi connectivity index (χ2v) is 6.65. The Kier molecular flexibility index (Phi) is 5.21. The normalized spacial score (nSPS) is 12.1. The summed E-state index contributed by atoms with van der Waals surface area (Å²) in [5, 5.41) is 0.731. The zero-order valence-corrected chi connectivity index (χ0v) is 15.4. The van der Waals surface area contributed by atoms with Crippen LogP contribution in [0.15, 0.2) is 57.7 Å². The van der Waals surface area contributed by atoms with Gasteiger partial charge >= 0.3 is 11.6 Å². The molecule has 1 atom stereocenters. The van der Waals surface area contributed by atoms with E-state index in [1.54, 1.807) is 32.0 Å². The fourth-order valence-corrected chi connectivity index (χ4v) is 3.05. The van der Waals surface area contributed by atoms with Crippen LogP contribution in [0.2, 0.25) is 0 Å². The number of carbonyl (C=O) groups excluding carboxylic acids is 2. The summed E-state index contributed by atoms with van der Waals surface area (Å²) >= 11 is 0. The summed E-state index contributed by atoms with van der Waals surface area (Å²) in [5.74, 6) is -1.69. The third-order valence-corrected chi connectivity index (χ3v) is 4.30. The molecular formula is C22H20O5. The first-order chi connectivity index (χ1) is 12.9. The first-order valence-electron chi connectivity index (χ1n) is 8.70. The van der Waals surface area contributed by atoms with Gasteiger partial charge in [-0.1, -0.05) is 36.4 Å². The Morgan fingerprint density at radius 2 is 1.81 bits per heavy atom. The van der Waals surface area contributed by atoms with Crippen molar-refractivity contribution in [3.63, 3.8) is 0 Å². The van der Waals surface area contributed by atoms with E-state index in [2.05, 4.69) is 0 Å². The van der Waals surface area contributed by atoms with Gasteiger partial charge in [0.1, 0.15) is 17.8 Å². The monoisotopic (exact) mass is 364 g/mol. The van der Waals surface area contributed by atoms with Gasteiger partial charge in [0, 0.05) is 17.0 Å². The molecule has 0 aliphatic heterocycles. The van der Waals surface area contributed by atoms with Crippen LogP contribution >= 0.6 is 0 Å². The molecule has 0 spiro atoms. The van der Waals surface area contributed by atoms with Crippen LogP contribution in [0, 0.1) is 6.92 Å². The topological polar surface area (TPSA) is 73.6 Å². The van der Waals surface area contributed by atoms with Gasteiger partial charge in [-0.25, -0.2) is 4.79 Å². The molecule has 0 amide bonds. The van der Waals surface area contributed by atoms with Crippen molar-refractivity contribution in [1.82, 2.24) is 0 Å². The molecule has 0 unspecified atom stereocenters. The minimum atomic E-state index is -1.07. The van der Waals surface area contributed by atoms with E-state index in [1.165, 1.54) is 6.07 Å². The molecule has 0 radical (unpaired) electrons. The number of aldehydes is 1. The maximum Gasteiger partial charge on any atom is 0.336 e. The van der Waals surface area contributed by atoms with Crippen LogP contribution in [-0.4, -0.2) is 18.4 Å². The fraction of sp³-hybridized carbons (Fsp3) is 0.227. The second-order valence-electron chi connectivity index (χ2n) is 6.65. The zero-order valence-electron chi connectivity index (χ0n) is 15.4. The lowest BCUT2D eigenvalue weighted by Crippen LogP contribution is -2.20. The summed E-state index contributed by atoms with van der Waals surface area (Å²) in [4.78, 5) is 35.7. The fourth-order valence-electron chi connectivity index (χ4n) is 3.05. The molecule has 1 aromatic heterocycles. The molecule has 0 saturated carbocycles. The summed E-state index contributed by atoms with van der Waals surface area (Å²) in [7, 11) is 0. The van der Waals surface area contributed by atoms with Gasteiger partial charge in [0.15, 0.2) is 0 Å². The Morgan fingerprint density at radius 3 is 2.48 bits per heavy atom. The van der Waals surface area contributed by atoms with Gasteiger partial charge in [0.25, 0.3) is 0 Å². The van der Waals surface area contributed by atoms with Crippen LogP contribution in [0.1, 0.15) is 30.9 Å². The first kappa shape index (κ1) is 18.6. The molecule has 0 aliphatic rings. The highest BCUT2D eigenvalue weighted by atomic mass is 16.5. The summed E-state index contributed by atoms with van der Waals surface area (Å²) in [6.07, 6.45) is 0.209. The van der Waals surface area contributed by atoms with Gasteiger partial charge in [-0.15, -0.1) is 0 Å². The van der Waals surface area contributed by atoms with E-state index in [-0.39, 0.29) is 6.10 Å². The quantitative estimate of drug-likeness (QED) is 0.296. The number of carbonyl (C=O) groups is 2. The molecule has 2 aromatic carbocycles. The number of hydrogen-bond acceptors (Lipinski definition) is 5. The van der Waals surface area contributed by atoms with Crippen LogP contribution in [-0.2, 0) is 14.3 Å². The van der Waals surface area contributed by atoms with Crippen molar-refractivity contribution >= 4 is 23.2 Å². The smallest absolute Gasteiger partial charge is 0.336 e. The number of hydrogen-bond donors (Lipinski definition) is 0. The van der Waals surface area contributed by atoms with E-state index in [1.807, 2.05) is 31.2 Å². The predicted octanol–water partition coefficient (Wildman–Crippen LogP) is 4.00. The second kappa shape index (κ2) is 7.58. The third-order valence-electron chi connectivity index (χ3n) is 4.30. The maximum atomic E-state index is 12.2. The lowest BCUT2D eigenvalue weighted by atomic mass is 9.95. The van der Waals surface area contributed by atoms with Crippen molar-refractivity contribution in [2.24, 2.45) is 0 Å². The number of aryl methyl sites for hydroxylation is 1. The molecule has 5 nitrogen and oxygen atoms in total. The Hall–Kier alpha value is -3.21. The standard InChI is InChI=1S/C22H20O5/c1-13(2)26-22(25)19(12-23)15-8-9-17-18(11-21(24)27-20(17)10-15)16-7-5-4-6-14(16)3/h4-13,19H,1-3H3/t19-/m0/s1. The number of ether oxygens (including phenoxy) is 1. The van der Waals surface area contributed by atoms with Gasteiger partial charge in [-0.3, -0.25) is 4.79 Å². The number of rotatable bonds is 5. The van der Waals surface area contributed by atoms with E-state index in [4.69, 9.17) is 9.15 Å². The van der Waals surface area contributed by atoms with Gasteiger partial charge < -0.3 is 13.9 Å².